The Morgan fingerprint density at radius 3 is 2.36 bits per heavy atom. The molecule has 0 radical (unpaired) electrons. The Morgan fingerprint density at radius 2 is 2.00 bits per heavy atom. The summed E-state index contributed by atoms with van der Waals surface area (Å²) in [6.45, 7) is -0.721. The van der Waals surface area contributed by atoms with Gasteiger partial charge < -0.3 is 4.90 Å². The minimum absolute atomic E-state index is 0.289. The summed E-state index contributed by atoms with van der Waals surface area (Å²) in [6.07, 6.45) is -1.33. The van der Waals surface area contributed by atoms with Gasteiger partial charge in [-0.3, -0.25) is 4.79 Å². The minimum Gasteiger partial charge on any atom is -0.318 e. The average Bonchev–Trinajstić information content (AvgIpc) is 2.01. The van der Waals surface area contributed by atoms with Crippen LogP contribution in [0.4, 0.5) is 13.2 Å². The summed E-state index contributed by atoms with van der Waals surface area (Å²) in [7, 11) is 0. The van der Waals surface area contributed by atoms with Gasteiger partial charge in [0.25, 0.3) is 0 Å². The Bertz CT molecular complexity index is 268. The van der Waals surface area contributed by atoms with E-state index >= 15 is 0 Å². The van der Waals surface area contributed by atoms with Crippen molar-refractivity contribution in [3.05, 3.63) is 0 Å². The number of amides is 1. The second-order valence-electron chi connectivity index (χ2n) is 2.40. The molecule has 0 aromatic heterocycles. The van der Waals surface area contributed by atoms with Crippen molar-refractivity contribution < 1.29 is 18.0 Å². The van der Waals surface area contributed by atoms with E-state index in [1.165, 1.54) is 0 Å². The fourth-order valence-corrected chi connectivity index (χ4v) is 0.711. The van der Waals surface area contributed by atoms with Crippen LogP contribution < -0.4 is 0 Å². The Hall–Kier alpha value is -1.69. The van der Waals surface area contributed by atoms with Crippen LogP contribution in [0.2, 0.25) is 0 Å². The van der Waals surface area contributed by atoms with Crippen molar-refractivity contribution >= 4 is 5.91 Å². The van der Waals surface area contributed by atoms with Crippen LogP contribution in [-0.4, -0.2) is 30.1 Å². The van der Waals surface area contributed by atoms with Crippen LogP contribution in [0, 0.1) is 23.7 Å². The second-order valence-corrected chi connectivity index (χ2v) is 2.40. The molecule has 0 aromatic carbocycles. The van der Waals surface area contributed by atoms with Crippen LogP contribution in [0.15, 0.2) is 0 Å². The minimum atomic E-state index is -4.57. The van der Waals surface area contributed by atoms with Crippen LogP contribution in [0.3, 0.4) is 0 Å². The molecule has 0 rings (SSSR count). The van der Waals surface area contributed by atoms with Gasteiger partial charge in [-0.25, -0.2) is 0 Å². The zero-order chi connectivity index (χ0) is 11.2. The lowest BCUT2D eigenvalue weighted by atomic mass is 10.3. The Labute approximate surface area is 79.1 Å². The largest absolute Gasteiger partial charge is 0.397 e. The van der Waals surface area contributed by atoms with Gasteiger partial charge in [-0.05, 0) is 0 Å². The maximum atomic E-state index is 11.8. The first-order valence-corrected chi connectivity index (χ1v) is 3.55. The van der Waals surface area contributed by atoms with E-state index in [4.69, 9.17) is 11.7 Å². The summed E-state index contributed by atoms with van der Waals surface area (Å²) >= 11 is 0. The van der Waals surface area contributed by atoms with Gasteiger partial charge in [-0.1, -0.05) is 5.92 Å². The van der Waals surface area contributed by atoms with E-state index < -0.39 is 25.0 Å². The fourth-order valence-electron chi connectivity index (χ4n) is 0.711. The average molecular weight is 204 g/mol. The highest BCUT2D eigenvalue weighted by Gasteiger charge is 2.33. The molecule has 0 aliphatic carbocycles. The van der Waals surface area contributed by atoms with Crippen molar-refractivity contribution in [2.45, 2.75) is 12.6 Å². The molecule has 0 atom stereocenters. The lowest BCUT2D eigenvalue weighted by Gasteiger charge is -2.17. The van der Waals surface area contributed by atoms with E-state index in [9.17, 15) is 18.0 Å². The fraction of sp³-hybridized carbons (Fsp3) is 0.500. The number of rotatable bonds is 3. The van der Waals surface area contributed by atoms with Crippen LogP contribution in [0.1, 0.15) is 6.42 Å². The monoisotopic (exact) mass is 204 g/mol. The molecule has 0 aliphatic rings. The highest BCUT2D eigenvalue weighted by molar-refractivity contribution is 5.77. The molecule has 14 heavy (non-hydrogen) atoms. The molecule has 0 fully saturated rings. The molecule has 0 saturated carbocycles. The molecule has 0 aromatic rings. The number of nitriles is 1. The number of carbonyl (C=O) groups is 1. The molecule has 0 bridgehead atoms. The van der Waals surface area contributed by atoms with E-state index in [0.717, 1.165) is 0 Å². The maximum absolute atomic E-state index is 11.8. The molecule has 0 spiro atoms. The highest BCUT2D eigenvalue weighted by Crippen LogP contribution is 2.20. The lowest BCUT2D eigenvalue weighted by molar-refractivity contribution is -0.160. The number of terminal acetylenes is 1. The standard InChI is InChI=1S/C8H7F3N2O/c1-2-4-13(5-3-12)7(14)6-8(9,10)11/h1H,4-6H2. The first-order chi connectivity index (χ1) is 6.40. The lowest BCUT2D eigenvalue weighted by Crippen LogP contribution is -2.34. The van der Waals surface area contributed by atoms with Gasteiger partial charge in [0, 0.05) is 0 Å². The van der Waals surface area contributed by atoms with E-state index in [1.807, 2.05) is 5.92 Å². The predicted octanol–water partition coefficient (Wildman–Crippen LogP) is 0.924. The van der Waals surface area contributed by atoms with Gasteiger partial charge in [0.2, 0.25) is 5.91 Å². The summed E-state index contributed by atoms with van der Waals surface area (Å²) in [4.78, 5) is 11.6. The molecular formula is C8H7F3N2O. The van der Waals surface area contributed by atoms with Gasteiger partial charge in [0.05, 0.1) is 12.6 Å². The van der Waals surface area contributed by atoms with Crippen molar-refractivity contribution in [1.29, 1.82) is 5.26 Å². The topological polar surface area (TPSA) is 44.1 Å². The molecule has 0 unspecified atom stereocenters. The van der Waals surface area contributed by atoms with Crippen molar-refractivity contribution in [2.75, 3.05) is 13.1 Å². The smallest absolute Gasteiger partial charge is 0.318 e. The third-order valence-corrected chi connectivity index (χ3v) is 1.25. The van der Waals surface area contributed by atoms with Crippen LogP contribution >= 0.6 is 0 Å². The van der Waals surface area contributed by atoms with E-state index in [1.54, 1.807) is 6.07 Å². The molecule has 6 heteroatoms. The predicted molar refractivity (Wildman–Crippen MR) is 41.7 cm³/mol. The first kappa shape index (κ1) is 12.3. The number of nitrogens with zero attached hydrogens (tertiary/aromatic N) is 2. The van der Waals surface area contributed by atoms with Gasteiger partial charge in [0.1, 0.15) is 13.0 Å². The number of hydrogen-bond donors (Lipinski definition) is 0. The Kier molecular flexibility index (Phi) is 4.51. The summed E-state index contributed by atoms with van der Waals surface area (Å²) in [6, 6.07) is 1.56. The maximum Gasteiger partial charge on any atom is 0.397 e. The number of alkyl halides is 3. The first-order valence-electron chi connectivity index (χ1n) is 3.55. The van der Waals surface area contributed by atoms with Gasteiger partial charge in [-0.15, -0.1) is 6.42 Å². The molecule has 76 valence electrons. The van der Waals surface area contributed by atoms with Crippen molar-refractivity contribution in [3.63, 3.8) is 0 Å². The van der Waals surface area contributed by atoms with Crippen molar-refractivity contribution in [1.82, 2.24) is 4.90 Å². The van der Waals surface area contributed by atoms with Crippen LogP contribution in [0.5, 0.6) is 0 Å². The molecule has 0 N–H and O–H groups in total. The molecule has 3 nitrogen and oxygen atoms in total. The van der Waals surface area contributed by atoms with Crippen LogP contribution in [0.25, 0.3) is 0 Å². The second kappa shape index (κ2) is 5.13. The SMILES string of the molecule is C#CCN(CC#N)C(=O)CC(F)(F)F. The number of halogens is 3. The van der Waals surface area contributed by atoms with Crippen molar-refractivity contribution in [3.8, 4) is 18.4 Å². The normalized spacial score (nSPS) is 10.1. The molecule has 1 amide bonds. The summed E-state index contributed by atoms with van der Waals surface area (Å²) in [5, 5.41) is 8.22. The number of carbonyl (C=O) groups excluding carboxylic acids is 1. The Balaban J connectivity index is 4.32. The van der Waals surface area contributed by atoms with Crippen LogP contribution in [-0.2, 0) is 4.79 Å². The van der Waals surface area contributed by atoms with Gasteiger partial charge >= 0.3 is 6.18 Å². The summed E-state index contributed by atoms with van der Waals surface area (Å²) in [5.74, 6) is 0.823. The molecule has 0 aliphatic heterocycles. The van der Waals surface area contributed by atoms with Crippen molar-refractivity contribution in [2.24, 2.45) is 0 Å². The quantitative estimate of drug-likeness (QED) is 0.507. The highest BCUT2D eigenvalue weighted by atomic mass is 19.4. The van der Waals surface area contributed by atoms with Gasteiger partial charge in [0.15, 0.2) is 0 Å². The zero-order valence-corrected chi connectivity index (χ0v) is 7.14. The third kappa shape index (κ3) is 5.04. The van der Waals surface area contributed by atoms with Gasteiger partial charge in [-0.2, -0.15) is 18.4 Å². The third-order valence-electron chi connectivity index (χ3n) is 1.25. The summed E-state index contributed by atoms with van der Waals surface area (Å²) < 4.78 is 35.3. The number of hydrogen-bond acceptors (Lipinski definition) is 2. The van der Waals surface area contributed by atoms with E-state index in [0.29, 0.717) is 4.90 Å². The zero-order valence-electron chi connectivity index (χ0n) is 7.14. The van der Waals surface area contributed by atoms with E-state index in [-0.39, 0.29) is 6.54 Å². The summed E-state index contributed by atoms with van der Waals surface area (Å²) in [5.41, 5.74) is 0. The molecule has 0 heterocycles. The molecule has 0 saturated heterocycles. The Morgan fingerprint density at radius 1 is 1.43 bits per heavy atom. The van der Waals surface area contributed by atoms with E-state index in [2.05, 4.69) is 0 Å². The molecular weight excluding hydrogens is 197 g/mol.